The van der Waals surface area contributed by atoms with E-state index in [1.165, 1.54) is 0 Å². The van der Waals surface area contributed by atoms with E-state index in [1.54, 1.807) is 0 Å². The van der Waals surface area contributed by atoms with Crippen molar-refractivity contribution in [1.82, 2.24) is 5.43 Å². The molecule has 0 aliphatic rings. The van der Waals surface area contributed by atoms with E-state index in [1.807, 2.05) is 50.2 Å². The van der Waals surface area contributed by atoms with E-state index in [0.717, 1.165) is 22.3 Å². The zero-order chi connectivity index (χ0) is 15.2. The predicted molar refractivity (Wildman–Crippen MR) is 86.1 cm³/mol. The van der Waals surface area contributed by atoms with Crippen LogP contribution in [0.5, 0.6) is 0 Å². The van der Waals surface area contributed by atoms with Crippen LogP contribution in [0.3, 0.4) is 0 Å². The van der Waals surface area contributed by atoms with E-state index in [-0.39, 0.29) is 11.8 Å². The van der Waals surface area contributed by atoms with Crippen molar-refractivity contribution < 1.29 is 4.79 Å². The summed E-state index contributed by atoms with van der Waals surface area (Å²) >= 11 is 0. The maximum atomic E-state index is 11.9. The van der Waals surface area contributed by atoms with Gasteiger partial charge >= 0.3 is 0 Å². The molecule has 2 aromatic rings. The van der Waals surface area contributed by atoms with Crippen molar-refractivity contribution in [3.8, 4) is 0 Å². The van der Waals surface area contributed by atoms with Crippen LogP contribution in [0.15, 0.2) is 66.2 Å². The Labute approximate surface area is 125 Å². The molecular formula is C18H20N2O. The first kappa shape index (κ1) is 15.0. The summed E-state index contributed by atoms with van der Waals surface area (Å²) in [5.74, 6) is 4.80. The second-order valence-electron chi connectivity index (χ2n) is 5.02. The highest BCUT2D eigenvalue weighted by atomic mass is 16.2. The van der Waals surface area contributed by atoms with Crippen LogP contribution in [0.4, 0.5) is 0 Å². The molecular weight excluding hydrogens is 260 g/mol. The fourth-order valence-electron chi connectivity index (χ4n) is 2.37. The van der Waals surface area contributed by atoms with Crippen molar-refractivity contribution in [2.75, 3.05) is 0 Å². The van der Waals surface area contributed by atoms with Gasteiger partial charge in [0.15, 0.2) is 0 Å². The number of amides is 1. The average Bonchev–Trinajstić information content (AvgIpc) is 2.55. The molecule has 0 aromatic heterocycles. The van der Waals surface area contributed by atoms with Crippen molar-refractivity contribution in [2.24, 2.45) is 11.8 Å². The van der Waals surface area contributed by atoms with Gasteiger partial charge in [0.05, 0.1) is 5.92 Å². The van der Waals surface area contributed by atoms with Crippen LogP contribution in [-0.2, 0) is 4.79 Å². The lowest BCUT2D eigenvalue weighted by molar-refractivity contribution is -0.123. The Hall–Kier alpha value is -2.39. The minimum Gasteiger partial charge on any atom is -0.294 e. The monoisotopic (exact) mass is 280 g/mol. The number of carbonyl (C=O) groups is 1. The number of rotatable bonds is 4. The zero-order valence-corrected chi connectivity index (χ0v) is 12.3. The summed E-state index contributed by atoms with van der Waals surface area (Å²) in [5.41, 5.74) is 6.49. The Balaban J connectivity index is 2.59. The summed E-state index contributed by atoms with van der Waals surface area (Å²) in [6.07, 6.45) is 0. The Morgan fingerprint density at radius 3 is 1.76 bits per heavy atom. The van der Waals surface area contributed by atoms with Gasteiger partial charge < -0.3 is 0 Å². The third kappa shape index (κ3) is 3.38. The lowest BCUT2D eigenvalue weighted by atomic mass is 9.88. The van der Waals surface area contributed by atoms with Crippen molar-refractivity contribution in [1.29, 1.82) is 0 Å². The Bertz CT molecular complexity index is 591. The van der Waals surface area contributed by atoms with Crippen LogP contribution < -0.4 is 11.3 Å². The van der Waals surface area contributed by atoms with Crippen molar-refractivity contribution >= 4 is 11.5 Å². The summed E-state index contributed by atoms with van der Waals surface area (Å²) in [6, 6.07) is 20.2. The van der Waals surface area contributed by atoms with Gasteiger partial charge in [0.25, 0.3) is 0 Å². The standard InChI is InChI=1S/C18H20N2O/c1-13(14(2)18(21)20-19)17(15-9-5-3-6-10-15)16-11-7-4-8-12-16/h3-12,14H,19H2,1-2H3,(H,20,21). The minimum atomic E-state index is -0.287. The van der Waals surface area contributed by atoms with Crippen LogP contribution in [0.1, 0.15) is 25.0 Å². The fourth-order valence-corrected chi connectivity index (χ4v) is 2.37. The molecule has 0 radical (unpaired) electrons. The Morgan fingerprint density at radius 2 is 1.38 bits per heavy atom. The molecule has 1 atom stereocenters. The van der Waals surface area contributed by atoms with Gasteiger partial charge in [-0.2, -0.15) is 0 Å². The Morgan fingerprint density at radius 1 is 0.952 bits per heavy atom. The molecule has 21 heavy (non-hydrogen) atoms. The normalized spacial score (nSPS) is 11.6. The minimum absolute atomic E-state index is 0.183. The molecule has 0 bridgehead atoms. The van der Waals surface area contributed by atoms with Gasteiger partial charge in [-0.15, -0.1) is 0 Å². The van der Waals surface area contributed by atoms with Gasteiger partial charge in [-0.1, -0.05) is 66.2 Å². The second-order valence-corrected chi connectivity index (χ2v) is 5.02. The smallest absolute Gasteiger partial charge is 0.240 e. The number of nitrogens with two attached hydrogens (primary N) is 1. The van der Waals surface area contributed by atoms with E-state index < -0.39 is 0 Å². The van der Waals surface area contributed by atoms with Crippen molar-refractivity contribution in [3.63, 3.8) is 0 Å². The summed E-state index contributed by atoms with van der Waals surface area (Å²) < 4.78 is 0. The van der Waals surface area contributed by atoms with E-state index in [9.17, 15) is 4.79 Å². The summed E-state index contributed by atoms with van der Waals surface area (Å²) in [7, 11) is 0. The van der Waals surface area contributed by atoms with Crippen molar-refractivity contribution in [2.45, 2.75) is 13.8 Å². The quantitative estimate of drug-likeness (QED) is 0.513. The number of carbonyl (C=O) groups excluding carboxylic acids is 1. The molecule has 1 unspecified atom stereocenters. The molecule has 2 aromatic carbocycles. The first-order chi connectivity index (χ1) is 10.1. The molecule has 0 saturated carbocycles. The average molecular weight is 280 g/mol. The van der Waals surface area contributed by atoms with Crippen LogP contribution >= 0.6 is 0 Å². The number of benzene rings is 2. The highest BCUT2D eigenvalue weighted by Gasteiger charge is 2.18. The molecule has 0 spiro atoms. The largest absolute Gasteiger partial charge is 0.294 e. The third-order valence-electron chi connectivity index (χ3n) is 3.70. The maximum absolute atomic E-state index is 11.9. The molecule has 2 rings (SSSR count). The lowest BCUT2D eigenvalue weighted by Gasteiger charge is -2.18. The van der Waals surface area contributed by atoms with Gasteiger partial charge in [-0.05, 0) is 30.5 Å². The van der Waals surface area contributed by atoms with Gasteiger partial charge in [0.1, 0.15) is 0 Å². The predicted octanol–water partition coefficient (Wildman–Crippen LogP) is 3.13. The molecule has 0 fully saturated rings. The van der Waals surface area contributed by atoms with Crippen LogP contribution in [-0.4, -0.2) is 5.91 Å². The molecule has 3 N–H and O–H groups in total. The molecule has 1 amide bonds. The summed E-state index contributed by atoms with van der Waals surface area (Å²) in [6.45, 7) is 3.85. The third-order valence-corrected chi connectivity index (χ3v) is 3.70. The first-order valence-corrected chi connectivity index (χ1v) is 6.97. The summed E-state index contributed by atoms with van der Waals surface area (Å²) in [4.78, 5) is 11.9. The topological polar surface area (TPSA) is 55.1 Å². The lowest BCUT2D eigenvalue weighted by Crippen LogP contribution is -2.35. The molecule has 0 saturated heterocycles. The number of hydrogen-bond donors (Lipinski definition) is 2. The van der Waals surface area contributed by atoms with Crippen LogP contribution in [0.25, 0.3) is 5.57 Å². The first-order valence-electron chi connectivity index (χ1n) is 6.97. The van der Waals surface area contributed by atoms with E-state index in [2.05, 4.69) is 29.7 Å². The molecule has 3 nitrogen and oxygen atoms in total. The highest BCUT2D eigenvalue weighted by molar-refractivity contribution is 5.88. The second kappa shape index (κ2) is 6.86. The maximum Gasteiger partial charge on any atom is 0.240 e. The number of hydrogen-bond acceptors (Lipinski definition) is 2. The van der Waals surface area contributed by atoms with Crippen LogP contribution in [0, 0.1) is 5.92 Å². The fraction of sp³-hybridized carbons (Fsp3) is 0.167. The Kier molecular flexibility index (Phi) is 4.90. The van der Waals surface area contributed by atoms with Gasteiger partial charge in [-0.25, -0.2) is 5.84 Å². The SMILES string of the molecule is CC(=C(c1ccccc1)c1ccccc1)C(C)C(=O)NN. The molecule has 3 heteroatoms. The number of nitrogens with one attached hydrogen (secondary N) is 1. The van der Waals surface area contributed by atoms with Crippen LogP contribution in [0.2, 0.25) is 0 Å². The highest BCUT2D eigenvalue weighted by Crippen LogP contribution is 2.30. The molecule has 0 aliphatic carbocycles. The van der Waals surface area contributed by atoms with E-state index >= 15 is 0 Å². The van der Waals surface area contributed by atoms with Gasteiger partial charge in [0, 0.05) is 0 Å². The molecule has 0 aliphatic heterocycles. The van der Waals surface area contributed by atoms with E-state index in [0.29, 0.717) is 0 Å². The van der Waals surface area contributed by atoms with Gasteiger partial charge in [-0.3, -0.25) is 10.2 Å². The van der Waals surface area contributed by atoms with Crippen molar-refractivity contribution in [3.05, 3.63) is 77.4 Å². The van der Waals surface area contributed by atoms with Gasteiger partial charge in [0.2, 0.25) is 5.91 Å². The molecule has 108 valence electrons. The summed E-state index contributed by atoms with van der Waals surface area (Å²) in [5, 5.41) is 0. The molecule has 0 heterocycles. The zero-order valence-electron chi connectivity index (χ0n) is 12.3. The number of hydrazine groups is 1. The van der Waals surface area contributed by atoms with E-state index in [4.69, 9.17) is 5.84 Å².